The highest BCUT2D eigenvalue weighted by Gasteiger charge is 2.19. The lowest BCUT2D eigenvalue weighted by Crippen LogP contribution is -2.30. The Morgan fingerprint density at radius 1 is 1.14 bits per heavy atom. The van der Waals surface area contributed by atoms with Gasteiger partial charge >= 0.3 is 0 Å². The minimum atomic E-state index is 0.861. The second-order valence-electron chi connectivity index (χ2n) is 5.48. The predicted molar refractivity (Wildman–Crippen MR) is 87.0 cm³/mol. The normalized spacial score (nSPS) is 13.9. The molecule has 110 valence electrons. The van der Waals surface area contributed by atoms with E-state index >= 15 is 0 Å². The summed E-state index contributed by atoms with van der Waals surface area (Å²) in [5.74, 6) is 0.960. The molecule has 2 aromatic rings. The molecule has 0 amide bonds. The molecule has 1 aliphatic rings. The summed E-state index contributed by atoms with van der Waals surface area (Å²) < 4.78 is 5.60. The minimum absolute atomic E-state index is 0.861. The molecule has 0 aromatic heterocycles. The van der Waals surface area contributed by atoms with E-state index in [0.29, 0.717) is 0 Å². The second kappa shape index (κ2) is 6.19. The minimum Gasteiger partial charge on any atom is -0.495 e. The van der Waals surface area contributed by atoms with Gasteiger partial charge in [0.2, 0.25) is 0 Å². The monoisotopic (exact) mass is 282 g/mol. The molecule has 0 atom stereocenters. The van der Waals surface area contributed by atoms with Crippen LogP contribution in [0.3, 0.4) is 0 Å². The van der Waals surface area contributed by atoms with Gasteiger partial charge in [-0.3, -0.25) is 0 Å². The van der Waals surface area contributed by atoms with Crippen LogP contribution in [-0.2, 0) is 19.5 Å². The summed E-state index contributed by atoms with van der Waals surface area (Å²) in [7, 11) is 3.71. The van der Waals surface area contributed by atoms with E-state index in [9.17, 15) is 0 Å². The first-order valence-electron chi connectivity index (χ1n) is 7.45. The van der Waals surface area contributed by atoms with Crippen LogP contribution in [0.5, 0.6) is 5.75 Å². The Bertz CT molecular complexity index is 624. The zero-order valence-corrected chi connectivity index (χ0v) is 12.7. The van der Waals surface area contributed by atoms with Crippen molar-refractivity contribution in [3.8, 4) is 5.75 Å². The van der Waals surface area contributed by atoms with Gasteiger partial charge in [-0.05, 0) is 42.3 Å². The molecule has 3 heteroatoms. The molecule has 0 saturated heterocycles. The van der Waals surface area contributed by atoms with Crippen LogP contribution in [0.15, 0.2) is 42.5 Å². The number of anilines is 1. The van der Waals surface area contributed by atoms with Gasteiger partial charge in [-0.15, -0.1) is 0 Å². The number of fused-ring (bicyclic) bond motifs is 1. The third kappa shape index (κ3) is 2.88. The van der Waals surface area contributed by atoms with Crippen LogP contribution >= 0.6 is 0 Å². The molecule has 21 heavy (non-hydrogen) atoms. The summed E-state index contributed by atoms with van der Waals surface area (Å²) in [4.78, 5) is 2.41. The number of rotatable bonds is 4. The van der Waals surface area contributed by atoms with Gasteiger partial charge in [-0.2, -0.15) is 0 Å². The van der Waals surface area contributed by atoms with Crippen molar-refractivity contribution in [2.75, 3.05) is 25.6 Å². The lowest BCUT2D eigenvalue weighted by Gasteiger charge is -2.32. The Morgan fingerprint density at radius 2 is 1.95 bits per heavy atom. The number of nitrogens with one attached hydrogen (secondary N) is 1. The Hall–Kier alpha value is -2.00. The van der Waals surface area contributed by atoms with Crippen molar-refractivity contribution >= 4 is 5.69 Å². The molecule has 0 aliphatic carbocycles. The molecule has 0 radical (unpaired) electrons. The van der Waals surface area contributed by atoms with Crippen molar-refractivity contribution in [2.24, 2.45) is 0 Å². The van der Waals surface area contributed by atoms with E-state index in [0.717, 1.165) is 31.8 Å². The van der Waals surface area contributed by atoms with Gasteiger partial charge in [0.25, 0.3) is 0 Å². The van der Waals surface area contributed by atoms with Gasteiger partial charge in [-0.25, -0.2) is 0 Å². The summed E-state index contributed by atoms with van der Waals surface area (Å²) in [6.45, 7) is 2.86. The Balaban J connectivity index is 1.87. The Kier molecular flexibility index (Phi) is 4.11. The number of methoxy groups -OCH3 is 1. The summed E-state index contributed by atoms with van der Waals surface area (Å²) in [5.41, 5.74) is 5.33. The quantitative estimate of drug-likeness (QED) is 0.933. The smallest absolute Gasteiger partial charge is 0.142 e. The summed E-state index contributed by atoms with van der Waals surface area (Å²) in [6.07, 6.45) is 1.09. The Labute approximate surface area is 126 Å². The van der Waals surface area contributed by atoms with Crippen molar-refractivity contribution in [3.63, 3.8) is 0 Å². The van der Waals surface area contributed by atoms with Gasteiger partial charge in [0.15, 0.2) is 0 Å². The molecule has 3 rings (SSSR count). The van der Waals surface area contributed by atoms with Crippen molar-refractivity contribution in [3.05, 3.63) is 59.2 Å². The van der Waals surface area contributed by atoms with E-state index in [1.54, 1.807) is 7.11 Å². The lowest BCUT2D eigenvalue weighted by molar-refractivity contribution is 0.413. The average Bonchev–Trinajstić information content (AvgIpc) is 2.54. The second-order valence-corrected chi connectivity index (χ2v) is 5.48. The van der Waals surface area contributed by atoms with Gasteiger partial charge in [0, 0.05) is 19.6 Å². The molecule has 1 heterocycles. The summed E-state index contributed by atoms with van der Waals surface area (Å²) in [6, 6.07) is 15.2. The zero-order chi connectivity index (χ0) is 14.7. The fraction of sp³-hybridized carbons (Fsp3) is 0.333. The average molecular weight is 282 g/mol. The van der Waals surface area contributed by atoms with Gasteiger partial charge in [-0.1, -0.05) is 30.3 Å². The molecule has 2 aromatic carbocycles. The molecule has 0 unspecified atom stereocenters. The van der Waals surface area contributed by atoms with Gasteiger partial charge in [0.1, 0.15) is 5.75 Å². The standard InChI is InChI=1S/C18H22N2O/c1-19-12-14-7-8-17(18(11-14)21-2)20-10-9-15-5-3-4-6-16(15)13-20/h3-8,11,19H,9-10,12-13H2,1-2H3. The van der Waals surface area contributed by atoms with E-state index in [1.807, 2.05) is 7.05 Å². The van der Waals surface area contributed by atoms with Gasteiger partial charge < -0.3 is 15.0 Å². The van der Waals surface area contributed by atoms with Gasteiger partial charge in [0.05, 0.1) is 12.8 Å². The van der Waals surface area contributed by atoms with E-state index in [4.69, 9.17) is 4.74 Å². The maximum Gasteiger partial charge on any atom is 0.142 e. The highest BCUT2D eigenvalue weighted by Crippen LogP contribution is 2.33. The van der Waals surface area contributed by atoms with Crippen molar-refractivity contribution in [1.29, 1.82) is 0 Å². The maximum absolute atomic E-state index is 5.60. The molecule has 0 bridgehead atoms. The van der Waals surface area contributed by atoms with E-state index in [1.165, 1.54) is 22.4 Å². The molecule has 1 N–H and O–H groups in total. The van der Waals surface area contributed by atoms with E-state index < -0.39 is 0 Å². The van der Waals surface area contributed by atoms with Crippen LogP contribution in [0.4, 0.5) is 5.69 Å². The van der Waals surface area contributed by atoms with Crippen LogP contribution in [-0.4, -0.2) is 20.7 Å². The topological polar surface area (TPSA) is 24.5 Å². The van der Waals surface area contributed by atoms with E-state index in [2.05, 4.69) is 52.7 Å². The van der Waals surface area contributed by atoms with Crippen LogP contribution in [0, 0.1) is 0 Å². The first-order chi connectivity index (χ1) is 10.3. The highest BCUT2D eigenvalue weighted by molar-refractivity contribution is 5.61. The SMILES string of the molecule is CNCc1ccc(N2CCc3ccccc3C2)c(OC)c1. The molecule has 3 nitrogen and oxygen atoms in total. The maximum atomic E-state index is 5.60. The van der Waals surface area contributed by atoms with Crippen LogP contribution < -0.4 is 15.0 Å². The molecular formula is C18H22N2O. The first-order valence-corrected chi connectivity index (χ1v) is 7.45. The first kappa shape index (κ1) is 14.0. The van der Waals surface area contributed by atoms with Crippen LogP contribution in [0.25, 0.3) is 0 Å². The van der Waals surface area contributed by atoms with Crippen LogP contribution in [0.2, 0.25) is 0 Å². The number of hydrogen-bond acceptors (Lipinski definition) is 3. The molecular weight excluding hydrogens is 260 g/mol. The zero-order valence-electron chi connectivity index (χ0n) is 12.7. The van der Waals surface area contributed by atoms with Crippen molar-refractivity contribution < 1.29 is 4.74 Å². The number of hydrogen-bond donors (Lipinski definition) is 1. The third-order valence-corrected chi connectivity index (χ3v) is 4.10. The molecule has 1 aliphatic heterocycles. The van der Waals surface area contributed by atoms with Crippen LogP contribution in [0.1, 0.15) is 16.7 Å². The van der Waals surface area contributed by atoms with Crippen molar-refractivity contribution in [1.82, 2.24) is 5.32 Å². The molecule has 0 spiro atoms. The Morgan fingerprint density at radius 3 is 2.71 bits per heavy atom. The molecule has 0 saturated carbocycles. The fourth-order valence-corrected chi connectivity index (χ4v) is 3.00. The summed E-state index contributed by atoms with van der Waals surface area (Å²) in [5, 5.41) is 3.18. The summed E-state index contributed by atoms with van der Waals surface area (Å²) >= 11 is 0. The fourth-order valence-electron chi connectivity index (χ4n) is 3.00. The number of ether oxygens (including phenoxy) is 1. The largest absolute Gasteiger partial charge is 0.495 e. The van der Waals surface area contributed by atoms with E-state index in [-0.39, 0.29) is 0 Å². The third-order valence-electron chi connectivity index (χ3n) is 4.10. The predicted octanol–water partition coefficient (Wildman–Crippen LogP) is 2.98. The number of benzene rings is 2. The number of nitrogens with zero attached hydrogens (tertiary/aromatic N) is 1. The molecule has 0 fully saturated rings. The lowest BCUT2D eigenvalue weighted by atomic mass is 9.99. The van der Waals surface area contributed by atoms with Crippen molar-refractivity contribution in [2.45, 2.75) is 19.5 Å². The highest BCUT2D eigenvalue weighted by atomic mass is 16.5.